The zero-order chi connectivity index (χ0) is 21.7. The molecule has 30 heavy (non-hydrogen) atoms. The number of hydrogen-bond acceptors (Lipinski definition) is 4. The predicted molar refractivity (Wildman–Crippen MR) is 119 cm³/mol. The number of carboxylic acid groups (broad SMARTS) is 1. The molecule has 0 saturated carbocycles. The van der Waals surface area contributed by atoms with Crippen LogP contribution in [0.15, 0.2) is 24.3 Å². The summed E-state index contributed by atoms with van der Waals surface area (Å²) in [6.45, 7) is 3.71. The highest BCUT2D eigenvalue weighted by molar-refractivity contribution is 7.17. The normalized spacial score (nSPS) is 14.3. The third-order valence-electron chi connectivity index (χ3n) is 5.23. The van der Waals surface area contributed by atoms with Gasteiger partial charge >= 0.3 is 5.97 Å². The molecule has 6 nitrogen and oxygen atoms in total. The average molecular weight is 429 g/mol. The summed E-state index contributed by atoms with van der Waals surface area (Å²) < 4.78 is 0. The second kappa shape index (κ2) is 9.89. The third kappa shape index (κ3) is 5.69. The predicted octanol–water partition coefficient (Wildman–Crippen LogP) is 5.02. The first-order chi connectivity index (χ1) is 14.3. The van der Waals surface area contributed by atoms with Gasteiger partial charge in [-0.2, -0.15) is 0 Å². The molecule has 0 bridgehead atoms. The van der Waals surface area contributed by atoms with Gasteiger partial charge in [0.2, 0.25) is 5.91 Å². The van der Waals surface area contributed by atoms with Gasteiger partial charge in [0, 0.05) is 23.4 Å². The van der Waals surface area contributed by atoms with E-state index in [4.69, 9.17) is 5.11 Å². The van der Waals surface area contributed by atoms with Crippen molar-refractivity contribution in [3.8, 4) is 0 Å². The van der Waals surface area contributed by atoms with Crippen LogP contribution in [-0.2, 0) is 22.4 Å². The molecule has 1 aromatic carbocycles. The molecule has 0 aliphatic heterocycles. The van der Waals surface area contributed by atoms with Crippen LogP contribution in [-0.4, -0.2) is 22.9 Å². The topological polar surface area (TPSA) is 95.5 Å². The lowest BCUT2D eigenvalue weighted by atomic mass is 10.0. The highest BCUT2D eigenvalue weighted by atomic mass is 32.1. The number of benzene rings is 1. The molecule has 7 heteroatoms. The van der Waals surface area contributed by atoms with Crippen molar-refractivity contribution in [2.45, 2.75) is 58.8 Å². The first-order valence-corrected chi connectivity index (χ1v) is 11.2. The Labute approximate surface area is 180 Å². The van der Waals surface area contributed by atoms with Crippen LogP contribution in [0.2, 0.25) is 0 Å². The van der Waals surface area contributed by atoms with Crippen molar-refractivity contribution in [1.29, 1.82) is 0 Å². The first-order valence-electron chi connectivity index (χ1n) is 10.4. The zero-order valence-corrected chi connectivity index (χ0v) is 18.2. The van der Waals surface area contributed by atoms with Crippen molar-refractivity contribution in [3.63, 3.8) is 0 Å². The molecule has 0 saturated heterocycles. The molecule has 1 aliphatic carbocycles. The van der Waals surface area contributed by atoms with Gasteiger partial charge in [-0.05, 0) is 61.8 Å². The fraction of sp³-hybridized carbons (Fsp3) is 0.435. The summed E-state index contributed by atoms with van der Waals surface area (Å²) >= 11 is 1.48. The summed E-state index contributed by atoms with van der Waals surface area (Å²) in [4.78, 5) is 37.8. The van der Waals surface area contributed by atoms with Gasteiger partial charge in [-0.25, -0.2) is 0 Å². The second-order valence-electron chi connectivity index (χ2n) is 8.05. The van der Waals surface area contributed by atoms with E-state index in [0.717, 1.165) is 53.8 Å². The van der Waals surface area contributed by atoms with E-state index in [-0.39, 0.29) is 30.6 Å². The molecule has 3 rings (SSSR count). The Kier molecular flexibility index (Phi) is 7.26. The van der Waals surface area contributed by atoms with Crippen LogP contribution in [0.4, 0.5) is 10.7 Å². The Bertz CT molecular complexity index is 951. The number of aliphatic carboxylic acids is 1. The molecule has 1 aliphatic rings. The number of amides is 2. The van der Waals surface area contributed by atoms with E-state index in [1.54, 1.807) is 6.92 Å². The van der Waals surface area contributed by atoms with Gasteiger partial charge in [0.1, 0.15) is 5.00 Å². The van der Waals surface area contributed by atoms with E-state index < -0.39 is 5.97 Å². The number of fused-ring (bicyclic) bond motifs is 1. The number of hydrogen-bond donors (Lipinski definition) is 3. The van der Waals surface area contributed by atoms with E-state index in [1.165, 1.54) is 11.3 Å². The second-order valence-corrected chi connectivity index (χ2v) is 9.15. The van der Waals surface area contributed by atoms with Crippen LogP contribution >= 0.6 is 11.3 Å². The molecule has 0 unspecified atom stereocenters. The molecule has 3 N–H and O–H groups in total. The lowest BCUT2D eigenvalue weighted by molar-refractivity contribution is -0.138. The average Bonchev–Trinajstić information content (AvgIpc) is 2.81. The molecule has 160 valence electrons. The summed E-state index contributed by atoms with van der Waals surface area (Å²) in [7, 11) is 0. The van der Waals surface area contributed by atoms with Crippen LogP contribution in [0.3, 0.4) is 0 Å². The van der Waals surface area contributed by atoms with Crippen LogP contribution in [0.25, 0.3) is 0 Å². The smallest absolute Gasteiger partial charge is 0.303 e. The molecule has 1 aromatic heterocycles. The monoisotopic (exact) mass is 428 g/mol. The van der Waals surface area contributed by atoms with Gasteiger partial charge in [-0.1, -0.05) is 25.5 Å². The lowest BCUT2D eigenvalue weighted by Crippen LogP contribution is -2.20. The van der Waals surface area contributed by atoms with Crippen molar-refractivity contribution in [2.75, 3.05) is 10.6 Å². The van der Waals surface area contributed by atoms with E-state index >= 15 is 0 Å². The molecule has 1 heterocycles. The summed E-state index contributed by atoms with van der Waals surface area (Å²) in [5.41, 5.74) is 3.37. The Morgan fingerprint density at radius 1 is 1.10 bits per heavy atom. The van der Waals surface area contributed by atoms with Crippen molar-refractivity contribution in [1.82, 2.24) is 0 Å². The van der Waals surface area contributed by atoms with Gasteiger partial charge in [-0.15, -0.1) is 11.3 Å². The standard InChI is InChI=1S/C23H28N2O4S/c1-14-7-6-8-16(11-14)24-22(29)21-17-9-4-3-5-10-18(17)30-23(21)25-19(26)12-15(2)13-20(27)28/h6-8,11,15H,3-5,9-10,12-13H2,1-2H3,(H,24,29)(H,25,26)(H,27,28)/t15-/m1/s1. The number of nitrogens with one attached hydrogen (secondary N) is 2. The van der Waals surface area contributed by atoms with E-state index in [9.17, 15) is 14.4 Å². The number of rotatable bonds is 7. The SMILES string of the molecule is Cc1cccc(NC(=O)c2c(NC(=O)C[C@@H](C)CC(=O)O)sc3c2CCCCC3)c1. The van der Waals surface area contributed by atoms with Gasteiger partial charge in [0.05, 0.1) is 5.56 Å². The first kappa shape index (κ1) is 22.0. The minimum atomic E-state index is -0.920. The van der Waals surface area contributed by atoms with Crippen LogP contribution in [0.5, 0.6) is 0 Å². The van der Waals surface area contributed by atoms with Gasteiger partial charge < -0.3 is 15.7 Å². The number of aryl methyl sites for hydroxylation is 2. The van der Waals surface area contributed by atoms with Crippen LogP contribution < -0.4 is 10.6 Å². The Morgan fingerprint density at radius 2 is 1.87 bits per heavy atom. The van der Waals surface area contributed by atoms with Crippen molar-refractivity contribution >= 4 is 39.8 Å². The van der Waals surface area contributed by atoms with Crippen LogP contribution in [0, 0.1) is 12.8 Å². The quantitative estimate of drug-likeness (QED) is 0.540. The molecule has 0 spiro atoms. The number of carbonyl (C=O) groups excluding carboxylic acids is 2. The van der Waals surface area contributed by atoms with E-state index in [2.05, 4.69) is 10.6 Å². The van der Waals surface area contributed by atoms with E-state index in [0.29, 0.717) is 10.6 Å². The van der Waals surface area contributed by atoms with Crippen molar-refractivity contribution in [2.24, 2.45) is 5.92 Å². The van der Waals surface area contributed by atoms with Crippen molar-refractivity contribution in [3.05, 3.63) is 45.8 Å². The maximum absolute atomic E-state index is 13.2. The minimum absolute atomic E-state index is 0.0605. The highest BCUT2D eigenvalue weighted by Gasteiger charge is 2.26. The Morgan fingerprint density at radius 3 is 2.60 bits per heavy atom. The highest BCUT2D eigenvalue weighted by Crippen LogP contribution is 2.38. The molecule has 0 fully saturated rings. The maximum Gasteiger partial charge on any atom is 0.303 e. The molecule has 2 amide bonds. The molecule has 0 radical (unpaired) electrons. The summed E-state index contributed by atoms with van der Waals surface area (Å²) in [5, 5.41) is 15.4. The lowest BCUT2D eigenvalue weighted by Gasteiger charge is -2.12. The Balaban J connectivity index is 1.84. The number of thiophene rings is 1. The fourth-order valence-electron chi connectivity index (χ4n) is 3.85. The van der Waals surface area contributed by atoms with Gasteiger partial charge in [0.15, 0.2) is 0 Å². The summed E-state index contributed by atoms with van der Waals surface area (Å²) in [5.74, 6) is -1.67. The third-order valence-corrected chi connectivity index (χ3v) is 6.44. The van der Waals surface area contributed by atoms with E-state index in [1.807, 2.05) is 31.2 Å². The molecule has 1 atom stereocenters. The zero-order valence-electron chi connectivity index (χ0n) is 17.4. The maximum atomic E-state index is 13.2. The number of carbonyl (C=O) groups is 3. The van der Waals surface area contributed by atoms with Crippen molar-refractivity contribution < 1.29 is 19.5 Å². The number of carboxylic acids is 1. The molecule has 2 aromatic rings. The largest absolute Gasteiger partial charge is 0.481 e. The fourth-order valence-corrected chi connectivity index (χ4v) is 5.15. The van der Waals surface area contributed by atoms with Gasteiger partial charge in [-0.3, -0.25) is 14.4 Å². The van der Waals surface area contributed by atoms with Gasteiger partial charge in [0.25, 0.3) is 5.91 Å². The van der Waals surface area contributed by atoms with Crippen LogP contribution in [0.1, 0.15) is 65.4 Å². The number of anilines is 2. The molecular formula is C23H28N2O4S. The minimum Gasteiger partial charge on any atom is -0.481 e. The molecular weight excluding hydrogens is 400 g/mol. The summed E-state index contributed by atoms with van der Waals surface area (Å²) in [6, 6.07) is 7.62. The summed E-state index contributed by atoms with van der Waals surface area (Å²) in [6.07, 6.45) is 5.02. The Hall–Kier alpha value is -2.67.